The Morgan fingerprint density at radius 3 is 2.57 bits per heavy atom. The summed E-state index contributed by atoms with van der Waals surface area (Å²) < 4.78 is 34.5. The fraction of sp³-hybridized carbons (Fsp3) is 0.600. The molecule has 0 spiro atoms. The van der Waals surface area contributed by atoms with E-state index in [1.54, 1.807) is 23.9 Å². The Balaban J connectivity index is 2.72. The maximum atomic E-state index is 12.3. The summed E-state index contributed by atoms with van der Waals surface area (Å²) in [5.74, 6) is 1.48. The van der Waals surface area contributed by atoms with Crippen molar-refractivity contribution in [2.75, 3.05) is 18.6 Å². The van der Waals surface area contributed by atoms with E-state index in [0.29, 0.717) is 24.9 Å². The highest BCUT2D eigenvalue weighted by atomic mass is 32.2. The van der Waals surface area contributed by atoms with Crippen molar-refractivity contribution in [3.63, 3.8) is 0 Å². The lowest BCUT2D eigenvalue weighted by atomic mass is 10.1. The second-order valence-electron chi connectivity index (χ2n) is 4.53. The van der Waals surface area contributed by atoms with E-state index in [1.165, 1.54) is 6.07 Å². The molecule has 0 amide bonds. The van der Waals surface area contributed by atoms with Crippen LogP contribution in [0.3, 0.4) is 0 Å². The van der Waals surface area contributed by atoms with E-state index in [0.717, 1.165) is 17.7 Å². The Kier molecular flexibility index (Phi) is 8.45. The Bertz CT molecular complexity index is 419. The van der Waals surface area contributed by atoms with Crippen LogP contribution in [0.25, 0.3) is 0 Å². The molecular formula is C15H23F2NO2S. The topological polar surface area (TPSA) is 30.5 Å². The number of hydrogen-bond donors (Lipinski definition) is 1. The summed E-state index contributed by atoms with van der Waals surface area (Å²) in [5.41, 5.74) is 0.986. The first-order valence-corrected chi connectivity index (χ1v) is 8.42. The summed E-state index contributed by atoms with van der Waals surface area (Å²) in [7, 11) is 0. The van der Waals surface area contributed by atoms with Crippen LogP contribution in [-0.2, 0) is 6.54 Å². The molecule has 0 aliphatic carbocycles. The normalized spacial score (nSPS) is 12.5. The van der Waals surface area contributed by atoms with Gasteiger partial charge in [0.05, 0.1) is 6.61 Å². The van der Waals surface area contributed by atoms with Crippen LogP contribution in [0.5, 0.6) is 11.5 Å². The smallest absolute Gasteiger partial charge is 0.387 e. The minimum absolute atomic E-state index is 0.0757. The van der Waals surface area contributed by atoms with Crippen molar-refractivity contribution in [3.05, 3.63) is 23.8 Å². The second-order valence-corrected chi connectivity index (χ2v) is 5.44. The summed E-state index contributed by atoms with van der Waals surface area (Å²) in [4.78, 5) is 0. The molecule has 1 atom stereocenters. The summed E-state index contributed by atoms with van der Waals surface area (Å²) in [6.45, 7) is 2.18. The molecule has 0 fully saturated rings. The van der Waals surface area contributed by atoms with Gasteiger partial charge in [-0.1, -0.05) is 13.0 Å². The third-order valence-corrected chi connectivity index (χ3v) is 3.72. The van der Waals surface area contributed by atoms with E-state index >= 15 is 0 Å². The lowest BCUT2D eigenvalue weighted by Crippen LogP contribution is -2.30. The fourth-order valence-electron chi connectivity index (χ4n) is 1.91. The zero-order valence-corrected chi connectivity index (χ0v) is 13.5. The minimum Gasteiger partial charge on any atom is -0.490 e. The van der Waals surface area contributed by atoms with Crippen molar-refractivity contribution in [3.8, 4) is 11.5 Å². The van der Waals surface area contributed by atoms with Gasteiger partial charge >= 0.3 is 6.61 Å². The monoisotopic (exact) mass is 319 g/mol. The Morgan fingerprint density at radius 2 is 2.00 bits per heavy atom. The van der Waals surface area contributed by atoms with Gasteiger partial charge in [-0.2, -0.15) is 20.5 Å². The number of benzene rings is 1. The molecule has 21 heavy (non-hydrogen) atoms. The highest BCUT2D eigenvalue weighted by Gasteiger charge is 2.12. The molecule has 0 radical (unpaired) electrons. The van der Waals surface area contributed by atoms with Gasteiger partial charge < -0.3 is 14.8 Å². The SMILES string of the molecule is CCOc1cc(CNC(CC)CSC)ccc1OC(F)F. The van der Waals surface area contributed by atoms with Gasteiger partial charge in [0.25, 0.3) is 0 Å². The predicted molar refractivity (Wildman–Crippen MR) is 83.5 cm³/mol. The molecule has 1 aromatic carbocycles. The molecule has 0 bridgehead atoms. The van der Waals surface area contributed by atoms with Crippen molar-refractivity contribution < 1.29 is 18.3 Å². The molecule has 0 aliphatic rings. The number of ether oxygens (including phenoxy) is 2. The zero-order valence-electron chi connectivity index (χ0n) is 12.7. The number of rotatable bonds is 10. The first-order valence-electron chi connectivity index (χ1n) is 7.03. The van der Waals surface area contributed by atoms with Gasteiger partial charge in [-0.3, -0.25) is 0 Å². The largest absolute Gasteiger partial charge is 0.490 e. The minimum atomic E-state index is -2.85. The number of nitrogens with one attached hydrogen (secondary N) is 1. The molecule has 3 nitrogen and oxygen atoms in total. The fourth-order valence-corrected chi connectivity index (χ4v) is 2.66. The first kappa shape index (κ1) is 18.0. The summed E-state index contributed by atoms with van der Waals surface area (Å²) in [6, 6.07) is 5.50. The molecule has 1 N–H and O–H groups in total. The Labute approximate surface area is 129 Å². The second kappa shape index (κ2) is 9.84. The molecule has 0 aromatic heterocycles. The van der Waals surface area contributed by atoms with Gasteiger partial charge in [0, 0.05) is 18.3 Å². The summed E-state index contributed by atoms with van der Waals surface area (Å²) in [5, 5.41) is 3.45. The number of alkyl halides is 2. The molecule has 0 saturated heterocycles. The molecule has 0 saturated carbocycles. The van der Waals surface area contributed by atoms with Gasteiger partial charge in [-0.15, -0.1) is 0 Å². The van der Waals surface area contributed by atoms with Crippen LogP contribution >= 0.6 is 11.8 Å². The van der Waals surface area contributed by atoms with Gasteiger partial charge in [-0.05, 0) is 37.3 Å². The third kappa shape index (κ3) is 6.52. The van der Waals surface area contributed by atoms with Gasteiger partial charge in [-0.25, -0.2) is 0 Å². The number of halogens is 2. The maximum Gasteiger partial charge on any atom is 0.387 e. The molecule has 1 unspecified atom stereocenters. The molecule has 6 heteroatoms. The first-order chi connectivity index (χ1) is 10.1. The zero-order chi connectivity index (χ0) is 15.7. The summed E-state index contributed by atoms with van der Waals surface area (Å²) in [6.07, 6.45) is 3.12. The van der Waals surface area contributed by atoms with Crippen molar-refractivity contribution in [1.29, 1.82) is 0 Å². The van der Waals surface area contributed by atoms with Crippen LogP contribution in [0.1, 0.15) is 25.8 Å². The van der Waals surface area contributed by atoms with Crippen LogP contribution < -0.4 is 14.8 Å². The van der Waals surface area contributed by atoms with Crippen molar-refractivity contribution in [2.45, 2.75) is 39.5 Å². The molecule has 120 valence electrons. The maximum absolute atomic E-state index is 12.3. The van der Waals surface area contributed by atoms with Crippen molar-refractivity contribution in [1.82, 2.24) is 5.32 Å². The van der Waals surface area contributed by atoms with Gasteiger partial charge in [0.15, 0.2) is 11.5 Å². The Hall–Kier alpha value is -1.01. The average molecular weight is 319 g/mol. The van der Waals surface area contributed by atoms with E-state index in [9.17, 15) is 8.78 Å². The molecule has 0 heterocycles. The predicted octanol–water partition coefficient (Wildman–Crippen LogP) is 3.92. The lowest BCUT2D eigenvalue weighted by Gasteiger charge is -2.17. The van der Waals surface area contributed by atoms with Crippen LogP contribution in [0, 0.1) is 0 Å². The highest BCUT2D eigenvalue weighted by molar-refractivity contribution is 7.98. The summed E-state index contributed by atoms with van der Waals surface area (Å²) >= 11 is 1.80. The van der Waals surface area contributed by atoms with Crippen LogP contribution in [-0.4, -0.2) is 31.3 Å². The van der Waals surface area contributed by atoms with E-state index in [2.05, 4.69) is 23.2 Å². The average Bonchev–Trinajstić information content (AvgIpc) is 2.45. The highest BCUT2D eigenvalue weighted by Crippen LogP contribution is 2.29. The molecule has 1 rings (SSSR count). The quantitative estimate of drug-likeness (QED) is 0.708. The van der Waals surface area contributed by atoms with Gasteiger partial charge in [0.2, 0.25) is 0 Å². The molecule has 1 aromatic rings. The third-order valence-electron chi connectivity index (χ3n) is 2.98. The lowest BCUT2D eigenvalue weighted by molar-refractivity contribution is -0.0514. The number of hydrogen-bond acceptors (Lipinski definition) is 4. The van der Waals surface area contributed by atoms with Crippen molar-refractivity contribution in [2.24, 2.45) is 0 Å². The van der Waals surface area contributed by atoms with Crippen molar-refractivity contribution >= 4 is 11.8 Å². The Morgan fingerprint density at radius 1 is 1.24 bits per heavy atom. The van der Waals surface area contributed by atoms with Crippen LogP contribution in [0.4, 0.5) is 8.78 Å². The van der Waals surface area contributed by atoms with Crippen LogP contribution in [0.2, 0.25) is 0 Å². The van der Waals surface area contributed by atoms with Crippen LogP contribution in [0.15, 0.2) is 18.2 Å². The number of thioether (sulfide) groups is 1. The molecule has 0 aliphatic heterocycles. The van der Waals surface area contributed by atoms with E-state index in [1.807, 2.05) is 6.92 Å². The van der Waals surface area contributed by atoms with Gasteiger partial charge in [0.1, 0.15) is 0 Å². The standard InChI is InChI=1S/C15H23F2NO2S/c1-4-12(10-21-3)18-9-11-6-7-13(20-15(16)17)14(8-11)19-5-2/h6-8,12,15,18H,4-5,9-10H2,1-3H3. The molecular weight excluding hydrogens is 296 g/mol. The van der Waals surface area contributed by atoms with E-state index < -0.39 is 6.61 Å². The van der Waals surface area contributed by atoms with E-state index in [4.69, 9.17) is 4.74 Å². The van der Waals surface area contributed by atoms with E-state index in [-0.39, 0.29) is 5.75 Å².